The molecular weight excluding hydrogens is 240 g/mol. The minimum atomic E-state index is 0.00218. The van der Waals surface area contributed by atoms with Gasteiger partial charge in [-0.1, -0.05) is 33.1 Å². The molecule has 1 saturated carbocycles. The van der Waals surface area contributed by atoms with Gasteiger partial charge in [-0.15, -0.1) is 0 Å². The Balaban J connectivity index is 2.26. The van der Waals surface area contributed by atoms with Crippen molar-refractivity contribution in [2.75, 3.05) is 19.7 Å². The molecule has 19 heavy (non-hydrogen) atoms. The largest absolute Gasteiger partial charge is 0.396 e. The van der Waals surface area contributed by atoms with E-state index in [9.17, 15) is 9.90 Å². The zero-order chi connectivity index (χ0) is 14.3. The summed E-state index contributed by atoms with van der Waals surface area (Å²) in [5.41, 5.74) is 0.00218. The smallest absolute Gasteiger partial charge is 0.234 e. The first-order valence-corrected chi connectivity index (χ1v) is 7.60. The fraction of sp³-hybridized carbons (Fsp3) is 0.933. The Bertz CT molecular complexity index is 273. The van der Waals surface area contributed by atoms with E-state index >= 15 is 0 Å². The average Bonchev–Trinajstić information content (AvgIpc) is 2.39. The van der Waals surface area contributed by atoms with Gasteiger partial charge >= 0.3 is 0 Å². The van der Waals surface area contributed by atoms with E-state index in [4.69, 9.17) is 0 Å². The van der Waals surface area contributed by atoms with Gasteiger partial charge in [0, 0.05) is 24.6 Å². The van der Waals surface area contributed by atoms with E-state index in [0.717, 1.165) is 19.4 Å². The van der Waals surface area contributed by atoms with Crippen molar-refractivity contribution in [3.63, 3.8) is 0 Å². The molecule has 1 atom stereocenters. The van der Waals surface area contributed by atoms with Crippen molar-refractivity contribution >= 4 is 5.91 Å². The van der Waals surface area contributed by atoms with Crippen molar-refractivity contribution in [3.05, 3.63) is 0 Å². The van der Waals surface area contributed by atoms with E-state index in [2.05, 4.69) is 24.5 Å². The number of hydrogen-bond donors (Lipinski definition) is 3. The van der Waals surface area contributed by atoms with Crippen LogP contribution in [0.15, 0.2) is 0 Å². The molecule has 112 valence electrons. The first-order chi connectivity index (χ1) is 8.99. The standard InChI is InChI=1S/C15H30N2O2/c1-12(2)13(3)17-14(19)9-16-10-15(11-18)7-5-4-6-8-15/h12-13,16,18H,4-11H2,1-3H3,(H,17,19). The number of aliphatic hydroxyl groups excluding tert-OH is 1. The highest BCUT2D eigenvalue weighted by molar-refractivity contribution is 5.78. The Morgan fingerprint density at radius 3 is 2.37 bits per heavy atom. The van der Waals surface area contributed by atoms with Crippen LogP contribution in [0, 0.1) is 11.3 Å². The zero-order valence-electron chi connectivity index (χ0n) is 12.7. The second-order valence-electron chi connectivity index (χ2n) is 6.42. The maximum atomic E-state index is 11.8. The van der Waals surface area contributed by atoms with Gasteiger partial charge in [-0.2, -0.15) is 0 Å². The van der Waals surface area contributed by atoms with Crippen molar-refractivity contribution < 1.29 is 9.90 Å². The van der Waals surface area contributed by atoms with Gasteiger partial charge in [-0.25, -0.2) is 0 Å². The van der Waals surface area contributed by atoms with Crippen LogP contribution in [0.3, 0.4) is 0 Å². The van der Waals surface area contributed by atoms with Gasteiger partial charge in [0.25, 0.3) is 0 Å². The molecule has 1 fully saturated rings. The van der Waals surface area contributed by atoms with Gasteiger partial charge in [0.2, 0.25) is 5.91 Å². The second-order valence-corrected chi connectivity index (χ2v) is 6.42. The number of hydrogen-bond acceptors (Lipinski definition) is 3. The Morgan fingerprint density at radius 1 is 1.21 bits per heavy atom. The number of aliphatic hydroxyl groups is 1. The van der Waals surface area contributed by atoms with Gasteiger partial charge in [0.05, 0.1) is 6.54 Å². The van der Waals surface area contributed by atoms with Crippen LogP contribution in [0.2, 0.25) is 0 Å². The fourth-order valence-electron chi connectivity index (χ4n) is 2.61. The molecule has 1 amide bonds. The van der Waals surface area contributed by atoms with Crippen molar-refractivity contribution in [1.82, 2.24) is 10.6 Å². The van der Waals surface area contributed by atoms with E-state index in [1.807, 2.05) is 6.92 Å². The molecule has 0 aliphatic heterocycles. The first-order valence-electron chi connectivity index (χ1n) is 7.60. The van der Waals surface area contributed by atoms with E-state index in [1.54, 1.807) is 0 Å². The van der Waals surface area contributed by atoms with E-state index in [-0.39, 0.29) is 24.0 Å². The van der Waals surface area contributed by atoms with Crippen molar-refractivity contribution in [2.45, 2.75) is 58.9 Å². The lowest BCUT2D eigenvalue weighted by Crippen LogP contribution is -2.45. The molecule has 0 aromatic carbocycles. The zero-order valence-corrected chi connectivity index (χ0v) is 12.7. The summed E-state index contributed by atoms with van der Waals surface area (Å²) in [5, 5.41) is 15.8. The third-order valence-corrected chi connectivity index (χ3v) is 4.42. The monoisotopic (exact) mass is 270 g/mol. The molecule has 3 N–H and O–H groups in total. The SMILES string of the molecule is CC(C)C(C)NC(=O)CNCC1(CO)CCCCC1. The molecule has 0 aromatic rings. The van der Waals surface area contributed by atoms with Gasteiger partial charge in [-0.3, -0.25) is 4.79 Å². The molecule has 1 unspecified atom stereocenters. The Morgan fingerprint density at radius 2 is 1.84 bits per heavy atom. The van der Waals surface area contributed by atoms with Crippen molar-refractivity contribution in [1.29, 1.82) is 0 Å². The quantitative estimate of drug-likeness (QED) is 0.659. The predicted octanol–water partition coefficient (Wildman–Crippen LogP) is 1.68. The lowest BCUT2D eigenvalue weighted by molar-refractivity contribution is -0.121. The van der Waals surface area contributed by atoms with E-state index in [0.29, 0.717) is 12.5 Å². The molecule has 1 aliphatic rings. The number of carbonyl (C=O) groups is 1. The third-order valence-electron chi connectivity index (χ3n) is 4.42. The van der Waals surface area contributed by atoms with Crippen LogP contribution in [0.5, 0.6) is 0 Å². The minimum Gasteiger partial charge on any atom is -0.396 e. The Labute approximate surface area is 117 Å². The Hall–Kier alpha value is -0.610. The molecule has 0 radical (unpaired) electrons. The molecule has 1 aliphatic carbocycles. The molecule has 4 heteroatoms. The summed E-state index contributed by atoms with van der Waals surface area (Å²) in [5.74, 6) is 0.496. The van der Waals surface area contributed by atoms with Gasteiger partial charge < -0.3 is 15.7 Å². The van der Waals surface area contributed by atoms with E-state index < -0.39 is 0 Å². The average molecular weight is 270 g/mol. The van der Waals surface area contributed by atoms with Crippen LogP contribution in [0.1, 0.15) is 52.9 Å². The van der Waals surface area contributed by atoms with E-state index in [1.165, 1.54) is 19.3 Å². The number of rotatable bonds is 7. The normalized spacial score (nSPS) is 20.3. The van der Waals surface area contributed by atoms with Crippen molar-refractivity contribution in [3.8, 4) is 0 Å². The van der Waals surface area contributed by atoms with Gasteiger partial charge in [-0.05, 0) is 25.7 Å². The number of carbonyl (C=O) groups excluding carboxylic acids is 1. The summed E-state index contributed by atoms with van der Waals surface area (Å²) >= 11 is 0. The van der Waals surface area contributed by atoms with Crippen LogP contribution in [0.4, 0.5) is 0 Å². The molecule has 0 heterocycles. The number of nitrogens with one attached hydrogen (secondary N) is 2. The molecule has 0 saturated heterocycles. The third kappa shape index (κ3) is 5.49. The summed E-state index contributed by atoms with van der Waals surface area (Å²) in [7, 11) is 0. The summed E-state index contributed by atoms with van der Waals surface area (Å²) in [4.78, 5) is 11.8. The maximum absolute atomic E-state index is 11.8. The highest BCUT2D eigenvalue weighted by Crippen LogP contribution is 2.35. The van der Waals surface area contributed by atoms with Gasteiger partial charge in [0.15, 0.2) is 0 Å². The fourth-order valence-corrected chi connectivity index (χ4v) is 2.61. The predicted molar refractivity (Wildman–Crippen MR) is 77.9 cm³/mol. The van der Waals surface area contributed by atoms with Crippen LogP contribution >= 0.6 is 0 Å². The summed E-state index contributed by atoms with van der Waals surface area (Å²) in [6, 6.07) is 0.204. The Kier molecular flexibility index (Phi) is 6.80. The second kappa shape index (κ2) is 7.85. The number of amides is 1. The topological polar surface area (TPSA) is 61.4 Å². The lowest BCUT2D eigenvalue weighted by Gasteiger charge is -2.35. The van der Waals surface area contributed by atoms with Crippen LogP contribution in [0.25, 0.3) is 0 Å². The molecule has 0 spiro atoms. The van der Waals surface area contributed by atoms with Crippen LogP contribution < -0.4 is 10.6 Å². The maximum Gasteiger partial charge on any atom is 0.234 e. The highest BCUT2D eigenvalue weighted by Gasteiger charge is 2.30. The summed E-state index contributed by atoms with van der Waals surface area (Å²) in [6.07, 6.45) is 5.80. The van der Waals surface area contributed by atoms with Gasteiger partial charge in [0.1, 0.15) is 0 Å². The lowest BCUT2D eigenvalue weighted by atomic mass is 9.74. The summed E-state index contributed by atoms with van der Waals surface area (Å²) < 4.78 is 0. The first kappa shape index (κ1) is 16.4. The van der Waals surface area contributed by atoms with Crippen molar-refractivity contribution in [2.24, 2.45) is 11.3 Å². The summed E-state index contributed by atoms with van der Waals surface area (Å²) in [6.45, 7) is 7.54. The minimum absolute atomic E-state index is 0.00218. The van der Waals surface area contributed by atoms with Crippen LogP contribution in [-0.2, 0) is 4.79 Å². The molecular formula is C15H30N2O2. The molecule has 0 bridgehead atoms. The molecule has 4 nitrogen and oxygen atoms in total. The highest BCUT2D eigenvalue weighted by atomic mass is 16.3. The van der Waals surface area contributed by atoms with Crippen LogP contribution in [-0.4, -0.2) is 36.8 Å². The molecule has 1 rings (SSSR count). The molecule has 0 aromatic heterocycles.